The SMILES string of the molecule is COc1cc(OC)c2c(c1)N(Cc1ccccn1)C(=O)C21COc2cc3c(cc21)OCCO3. The number of nitrogens with zero attached hydrogens (tertiary/aromatic N) is 2. The average molecular weight is 446 g/mol. The first-order chi connectivity index (χ1) is 16.2. The fourth-order valence-corrected chi connectivity index (χ4v) is 4.92. The molecule has 1 spiro atoms. The number of fused-ring (bicyclic) bond motifs is 5. The molecule has 0 aliphatic carbocycles. The lowest BCUT2D eigenvalue weighted by atomic mass is 9.76. The van der Waals surface area contributed by atoms with Crippen LogP contribution in [0.5, 0.6) is 28.7 Å². The van der Waals surface area contributed by atoms with Crippen LogP contribution in [-0.4, -0.2) is 44.9 Å². The summed E-state index contributed by atoms with van der Waals surface area (Å²) >= 11 is 0. The van der Waals surface area contributed by atoms with Gasteiger partial charge in [-0.05, 0) is 18.2 Å². The molecule has 0 saturated heterocycles. The maximum Gasteiger partial charge on any atom is 0.246 e. The van der Waals surface area contributed by atoms with Gasteiger partial charge in [-0.2, -0.15) is 0 Å². The molecule has 8 nitrogen and oxygen atoms in total. The number of rotatable bonds is 4. The number of hydrogen-bond donors (Lipinski definition) is 0. The van der Waals surface area contributed by atoms with Gasteiger partial charge in [-0.15, -0.1) is 0 Å². The fraction of sp³-hybridized carbons (Fsp3) is 0.280. The number of carbonyl (C=O) groups is 1. The second-order valence-electron chi connectivity index (χ2n) is 8.12. The van der Waals surface area contributed by atoms with Crippen LogP contribution in [0, 0.1) is 0 Å². The Labute approximate surface area is 190 Å². The molecule has 0 radical (unpaired) electrons. The van der Waals surface area contributed by atoms with E-state index in [0.29, 0.717) is 54.2 Å². The van der Waals surface area contributed by atoms with Crippen LogP contribution < -0.4 is 28.6 Å². The third kappa shape index (κ3) is 2.76. The average Bonchev–Trinajstić information content (AvgIpc) is 3.34. The van der Waals surface area contributed by atoms with Crippen LogP contribution in [-0.2, 0) is 16.8 Å². The third-order valence-corrected chi connectivity index (χ3v) is 6.43. The summed E-state index contributed by atoms with van der Waals surface area (Å²) in [6, 6.07) is 13.0. The smallest absolute Gasteiger partial charge is 0.246 e. The maximum absolute atomic E-state index is 14.2. The van der Waals surface area contributed by atoms with Crippen LogP contribution in [0.15, 0.2) is 48.7 Å². The van der Waals surface area contributed by atoms with E-state index >= 15 is 0 Å². The number of carbonyl (C=O) groups excluding carboxylic acids is 1. The van der Waals surface area contributed by atoms with E-state index in [1.54, 1.807) is 31.4 Å². The Hall–Kier alpha value is -3.94. The van der Waals surface area contributed by atoms with E-state index in [0.717, 1.165) is 16.8 Å². The van der Waals surface area contributed by atoms with E-state index in [2.05, 4.69) is 4.98 Å². The maximum atomic E-state index is 14.2. The predicted octanol–water partition coefficient (Wildman–Crippen LogP) is 3.10. The molecular formula is C25H22N2O6. The standard InChI is InChI=1S/C25H22N2O6/c1-29-16-9-18-23(22(10-16)30-2)25(24(28)27(18)13-15-5-3-4-6-26-15)14-33-19-12-21-20(11-17(19)25)31-7-8-32-21/h3-6,9-12H,7-8,13-14H2,1-2H3. The topological polar surface area (TPSA) is 79.4 Å². The van der Waals surface area contributed by atoms with Crippen molar-refractivity contribution in [2.75, 3.05) is 38.9 Å². The van der Waals surface area contributed by atoms with Crippen LogP contribution in [0.1, 0.15) is 16.8 Å². The number of ether oxygens (including phenoxy) is 5. The quantitative estimate of drug-likeness (QED) is 0.609. The number of methoxy groups -OCH3 is 2. The van der Waals surface area contributed by atoms with Crippen LogP contribution in [0.25, 0.3) is 0 Å². The van der Waals surface area contributed by atoms with Gasteiger partial charge in [-0.3, -0.25) is 9.78 Å². The molecule has 1 aromatic heterocycles. The van der Waals surface area contributed by atoms with Gasteiger partial charge in [0.2, 0.25) is 5.91 Å². The summed E-state index contributed by atoms with van der Waals surface area (Å²) in [6.45, 7) is 1.39. The molecular weight excluding hydrogens is 424 g/mol. The summed E-state index contributed by atoms with van der Waals surface area (Å²) in [6.07, 6.45) is 1.72. The molecule has 4 heterocycles. The van der Waals surface area contributed by atoms with Crippen molar-refractivity contribution in [1.82, 2.24) is 4.98 Å². The molecule has 0 saturated carbocycles. The fourth-order valence-electron chi connectivity index (χ4n) is 4.92. The summed E-state index contributed by atoms with van der Waals surface area (Å²) in [5.74, 6) is 2.89. The molecule has 33 heavy (non-hydrogen) atoms. The van der Waals surface area contributed by atoms with E-state index in [4.69, 9.17) is 23.7 Å². The minimum atomic E-state index is -1.08. The lowest BCUT2D eigenvalue weighted by molar-refractivity contribution is -0.122. The van der Waals surface area contributed by atoms with E-state index in [-0.39, 0.29) is 12.5 Å². The summed E-state index contributed by atoms with van der Waals surface area (Å²) in [5, 5.41) is 0. The summed E-state index contributed by atoms with van der Waals surface area (Å²) < 4.78 is 28.9. The van der Waals surface area contributed by atoms with Gasteiger partial charge in [0.25, 0.3) is 0 Å². The van der Waals surface area contributed by atoms with Gasteiger partial charge in [0.1, 0.15) is 42.5 Å². The molecule has 0 fully saturated rings. The predicted molar refractivity (Wildman–Crippen MR) is 119 cm³/mol. The first kappa shape index (κ1) is 19.7. The Morgan fingerprint density at radius 2 is 1.82 bits per heavy atom. The van der Waals surface area contributed by atoms with Gasteiger partial charge in [0.15, 0.2) is 11.5 Å². The van der Waals surface area contributed by atoms with Crippen molar-refractivity contribution in [3.05, 3.63) is 65.5 Å². The molecule has 168 valence electrons. The molecule has 3 aromatic rings. The van der Waals surface area contributed by atoms with Gasteiger partial charge in [0, 0.05) is 35.5 Å². The molecule has 3 aliphatic heterocycles. The second kappa shape index (κ2) is 7.30. The first-order valence-electron chi connectivity index (χ1n) is 10.7. The molecule has 1 unspecified atom stereocenters. The molecule has 8 heteroatoms. The van der Waals surface area contributed by atoms with Crippen molar-refractivity contribution < 1.29 is 28.5 Å². The minimum absolute atomic E-state index is 0.106. The van der Waals surface area contributed by atoms with Crippen molar-refractivity contribution >= 4 is 11.6 Å². The number of hydrogen-bond acceptors (Lipinski definition) is 7. The van der Waals surface area contributed by atoms with Crippen molar-refractivity contribution in [1.29, 1.82) is 0 Å². The molecule has 6 rings (SSSR count). The highest BCUT2D eigenvalue weighted by atomic mass is 16.6. The minimum Gasteiger partial charge on any atom is -0.497 e. The molecule has 1 amide bonds. The van der Waals surface area contributed by atoms with Crippen LogP contribution in [0.2, 0.25) is 0 Å². The van der Waals surface area contributed by atoms with Gasteiger partial charge < -0.3 is 28.6 Å². The van der Waals surface area contributed by atoms with E-state index in [1.165, 1.54) is 0 Å². The Morgan fingerprint density at radius 3 is 2.55 bits per heavy atom. The van der Waals surface area contributed by atoms with E-state index < -0.39 is 5.41 Å². The monoisotopic (exact) mass is 446 g/mol. The largest absolute Gasteiger partial charge is 0.497 e. The Balaban J connectivity index is 1.57. The summed E-state index contributed by atoms with van der Waals surface area (Å²) in [5.41, 5.74) is 1.91. The van der Waals surface area contributed by atoms with Gasteiger partial charge >= 0.3 is 0 Å². The number of anilines is 1. The zero-order valence-corrected chi connectivity index (χ0v) is 18.3. The Morgan fingerprint density at radius 1 is 1.00 bits per heavy atom. The number of pyridine rings is 1. The van der Waals surface area contributed by atoms with Crippen LogP contribution in [0.4, 0.5) is 5.69 Å². The Kier molecular flexibility index (Phi) is 4.36. The molecule has 0 N–H and O–H groups in total. The highest BCUT2D eigenvalue weighted by Crippen LogP contribution is 2.58. The van der Waals surface area contributed by atoms with Crippen LogP contribution >= 0.6 is 0 Å². The van der Waals surface area contributed by atoms with Gasteiger partial charge in [-0.1, -0.05) is 6.07 Å². The molecule has 0 bridgehead atoms. The van der Waals surface area contributed by atoms with E-state index in [1.807, 2.05) is 36.4 Å². The highest BCUT2D eigenvalue weighted by Gasteiger charge is 2.59. The number of amides is 1. The molecule has 1 atom stereocenters. The highest BCUT2D eigenvalue weighted by molar-refractivity contribution is 6.12. The third-order valence-electron chi connectivity index (χ3n) is 6.43. The second-order valence-corrected chi connectivity index (χ2v) is 8.12. The lowest BCUT2D eigenvalue weighted by Crippen LogP contribution is -2.42. The zero-order valence-electron chi connectivity index (χ0n) is 18.3. The lowest BCUT2D eigenvalue weighted by Gasteiger charge is -2.25. The zero-order chi connectivity index (χ0) is 22.6. The number of aromatic nitrogens is 1. The first-order valence-corrected chi connectivity index (χ1v) is 10.7. The van der Waals surface area contributed by atoms with Crippen LogP contribution in [0.3, 0.4) is 0 Å². The molecule has 3 aliphatic rings. The number of benzene rings is 2. The van der Waals surface area contributed by atoms with Crippen molar-refractivity contribution in [2.24, 2.45) is 0 Å². The summed E-state index contributed by atoms with van der Waals surface area (Å²) in [7, 11) is 3.18. The Bertz CT molecular complexity index is 1260. The van der Waals surface area contributed by atoms with Crippen molar-refractivity contribution in [3.63, 3.8) is 0 Å². The van der Waals surface area contributed by atoms with Gasteiger partial charge in [-0.25, -0.2) is 0 Å². The summed E-state index contributed by atoms with van der Waals surface area (Å²) in [4.78, 5) is 20.4. The normalized spacial score (nSPS) is 19.8. The van der Waals surface area contributed by atoms with Crippen molar-refractivity contribution in [2.45, 2.75) is 12.0 Å². The van der Waals surface area contributed by atoms with E-state index in [9.17, 15) is 4.79 Å². The van der Waals surface area contributed by atoms with Crippen molar-refractivity contribution in [3.8, 4) is 28.7 Å². The molecule has 2 aromatic carbocycles. The van der Waals surface area contributed by atoms with Gasteiger partial charge in [0.05, 0.1) is 32.1 Å².